The zero-order valence-corrected chi connectivity index (χ0v) is 17.0. The van der Waals surface area contributed by atoms with Crippen molar-refractivity contribution in [3.8, 4) is 11.4 Å². The largest absolute Gasteiger partial charge is 0.351 e. The number of likely N-dealkylation sites (tertiary alicyclic amines) is 1. The number of aromatic nitrogens is 2. The van der Waals surface area contributed by atoms with E-state index in [0.717, 1.165) is 31.4 Å². The van der Waals surface area contributed by atoms with Crippen LogP contribution in [0.2, 0.25) is 0 Å². The first-order valence-electron chi connectivity index (χ1n) is 10.2. The van der Waals surface area contributed by atoms with Crippen molar-refractivity contribution in [3.05, 3.63) is 71.4 Å². The molecule has 1 amide bonds. The third-order valence-electron chi connectivity index (χ3n) is 5.38. The molecule has 1 atom stereocenters. The summed E-state index contributed by atoms with van der Waals surface area (Å²) in [4.78, 5) is 19.1. The Kier molecular flexibility index (Phi) is 6.18. The van der Waals surface area contributed by atoms with Crippen LogP contribution in [0.5, 0.6) is 0 Å². The minimum Gasteiger partial charge on any atom is -0.351 e. The molecule has 1 saturated heterocycles. The van der Waals surface area contributed by atoms with Crippen LogP contribution in [-0.2, 0) is 11.3 Å². The lowest BCUT2D eigenvalue weighted by Crippen LogP contribution is -2.41. The summed E-state index contributed by atoms with van der Waals surface area (Å²) < 4.78 is 19.0. The van der Waals surface area contributed by atoms with E-state index in [0.29, 0.717) is 23.8 Å². The highest BCUT2D eigenvalue weighted by Crippen LogP contribution is 2.30. The molecule has 30 heavy (non-hydrogen) atoms. The fourth-order valence-electron chi connectivity index (χ4n) is 3.72. The lowest BCUT2D eigenvalue weighted by molar-refractivity contribution is -0.123. The summed E-state index contributed by atoms with van der Waals surface area (Å²) in [6.07, 6.45) is 2.90. The van der Waals surface area contributed by atoms with Crippen LogP contribution in [0.15, 0.2) is 53.1 Å². The molecule has 0 radical (unpaired) electrons. The number of nitrogens with one attached hydrogen (secondary N) is 1. The number of nitrogens with zero attached hydrogens (tertiary/aromatic N) is 3. The molecule has 2 aromatic carbocycles. The molecular weight excluding hydrogens is 383 g/mol. The summed E-state index contributed by atoms with van der Waals surface area (Å²) in [5.74, 6) is 0.454. The van der Waals surface area contributed by atoms with Crippen LogP contribution in [0.1, 0.15) is 42.3 Å². The van der Waals surface area contributed by atoms with Gasteiger partial charge >= 0.3 is 0 Å². The van der Waals surface area contributed by atoms with Crippen molar-refractivity contribution >= 4 is 5.91 Å². The molecule has 0 aliphatic carbocycles. The second-order valence-corrected chi connectivity index (χ2v) is 7.71. The highest BCUT2D eigenvalue weighted by Gasteiger charge is 2.30. The van der Waals surface area contributed by atoms with E-state index in [-0.39, 0.29) is 24.3 Å². The van der Waals surface area contributed by atoms with Crippen LogP contribution >= 0.6 is 0 Å². The summed E-state index contributed by atoms with van der Waals surface area (Å²) in [6.45, 7) is 3.60. The molecule has 4 rings (SSSR count). The normalized spacial score (nSPS) is 17.1. The molecule has 156 valence electrons. The van der Waals surface area contributed by atoms with Crippen LogP contribution < -0.4 is 5.32 Å². The van der Waals surface area contributed by atoms with Crippen molar-refractivity contribution in [2.24, 2.45) is 0 Å². The average molecular weight is 408 g/mol. The lowest BCUT2D eigenvalue weighted by atomic mass is 10.0. The van der Waals surface area contributed by atoms with E-state index in [9.17, 15) is 9.18 Å². The van der Waals surface area contributed by atoms with Crippen LogP contribution in [-0.4, -0.2) is 34.0 Å². The molecule has 1 N–H and O–H groups in total. The SMILES string of the molecule is Cc1ccc(CNC(=O)CN2CCCCC2c2nc(-c3cccc(F)c3)no2)cc1. The molecule has 1 aliphatic rings. The third-order valence-corrected chi connectivity index (χ3v) is 5.38. The number of amides is 1. The van der Waals surface area contributed by atoms with Gasteiger partial charge in [0.15, 0.2) is 0 Å². The third kappa shape index (κ3) is 4.91. The summed E-state index contributed by atoms with van der Waals surface area (Å²) in [6, 6.07) is 14.1. The predicted molar refractivity (Wildman–Crippen MR) is 111 cm³/mol. The van der Waals surface area contributed by atoms with Crippen molar-refractivity contribution in [2.75, 3.05) is 13.1 Å². The van der Waals surface area contributed by atoms with Crippen molar-refractivity contribution in [2.45, 2.75) is 38.8 Å². The van der Waals surface area contributed by atoms with Gasteiger partial charge in [0, 0.05) is 12.1 Å². The fraction of sp³-hybridized carbons (Fsp3) is 0.348. The van der Waals surface area contributed by atoms with Gasteiger partial charge in [-0.2, -0.15) is 4.98 Å². The molecule has 0 saturated carbocycles. The Morgan fingerprint density at radius 3 is 2.87 bits per heavy atom. The van der Waals surface area contributed by atoms with E-state index < -0.39 is 0 Å². The van der Waals surface area contributed by atoms with Gasteiger partial charge in [-0.1, -0.05) is 53.5 Å². The Hall–Kier alpha value is -3.06. The maximum atomic E-state index is 13.5. The quantitative estimate of drug-likeness (QED) is 0.667. The van der Waals surface area contributed by atoms with Crippen LogP contribution in [0.25, 0.3) is 11.4 Å². The Morgan fingerprint density at radius 2 is 2.07 bits per heavy atom. The molecule has 0 bridgehead atoms. The molecule has 1 aromatic heterocycles. The second kappa shape index (κ2) is 9.17. The number of carbonyl (C=O) groups is 1. The highest BCUT2D eigenvalue weighted by molar-refractivity contribution is 5.78. The topological polar surface area (TPSA) is 71.3 Å². The van der Waals surface area contributed by atoms with Gasteiger partial charge in [0.25, 0.3) is 0 Å². The fourth-order valence-corrected chi connectivity index (χ4v) is 3.72. The second-order valence-electron chi connectivity index (χ2n) is 7.71. The van der Waals surface area contributed by atoms with E-state index in [1.807, 2.05) is 31.2 Å². The number of hydrogen-bond donors (Lipinski definition) is 1. The zero-order valence-electron chi connectivity index (χ0n) is 17.0. The van der Waals surface area contributed by atoms with Gasteiger partial charge < -0.3 is 9.84 Å². The standard InChI is InChI=1S/C23H25FN4O2/c1-16-8-10-17(11-9-16)14-25-21(29)15-28-12-3-2-7-20(28)23-26-22(27-30-23)18-5-4-6-19(24)13-18/h4-6,8-11,13,20H,2-3,7,12,14-15H2,1H3,(H,25,29). The van der Waals surface area contributed by atoms with E-state index in [4.69, 9.17) is 4.52 Å². The van der Waals surface area contributed by atoms with Crippen molar-refractivity contribution in [3.63, 3.8) is 0 Å². The molecule has 1 aliphatic heterocycles. The number of benzene rings is 2. The van der Waals surface area contributed by atoms with Gasteiger partial charge in [0.05, 0.1) is 12.6 Å². The van der Waals surface area contributed by atoms with Crippen LogP contribution in [0, 0.1) is 12.7 Å². The number of carbonyl (C=O) groups excluding carboxylic acids is 1. The molecule has 1 fully saturated rings. The molecule has 7 heteroatoms. The first kappa shape index (κ1) is 20.2. The van der Waals surface area contributed by atoms with Crippen molar-refractivity contribution in [1.82, 2.24) is 20.4 Å². The smallest absolute Gasteiger partial charge is 0.244 e. The van der Waals surface area contributed by atoms with Gasteiger partial charge in [-0.25, -0.2) is 4.39 Å². The van der Waals surface area contributed by atoms with Gasteiger partial charge in [-0.15, -0.1) is 0 Å². The Balaban J connectivity index is 1.40. The number of rotatable bonds is 6. The van der Waals surface area contributed by atoms with Gasteiger partial charge in [-0.3, -0.25) is 9.69 Å². The van der Waals surface area contributed by atoms with E-state index in [1.165, 1.54) is 17.7 Å². The lowest BCUT2D eigenvalue weighted by Gasteiger charge is -2.32. The van der Waals surface area contributed by atoms with E-state index >= 15 is 0 Å². The summed E-state index contributed by atoms with van der Waals surface area (Å²) in [7, 11) is 0. The van der Waals surface area contributed by atoms with Crippen molar-refractivity contribution < 1.29 is 13.7 Å². The number of aryl methyl sites for hydroxylation is 1. The summed E-state index contributed by atoms with van der Waals surface area (Å²) >= 11 is 0. The Labute approximate surface area is 175 Å². The molecule has 1 unspecified atom stereocenters. The highest BCUT2D eigenvalue weighted by atomic mass is 19.1. The van der Waals surface area contributed by atoms with Gasteiger partial charge in [0.1, 0.15) is 5.82 Å². The molecular formula is C23H25FN4O2. The van der Waals surface area contributed by atoms with Gasteiger partial charge in [-0.05, 0) is 44.0 Å². The molecule has 6 nitrogen and oxygen atoms in total. The van der Waals surface area contributed by atoms with E-state index in [2.05, 4.69) is 20.4 Å². The predicted octanol–water partition coefficient (Wildman–Crippen LogP) is 4.03. The first-order valence-corrected chi connectivity index (χ1v) is 10.2. The zero-order chi connectivity index (χ0) is 20.9. The molecule has 3 aromatic rings. The maximum Gasteiger partial charge on any atom is 0.244 e. The minimum absolute atomic E-state index is 0.0349. The number of hydrogen-bond acceptors (Lipinski definition) is 5. The van der Waals surface area contributed by atoms with Crippen LogP contribution in [0.4, 0.5) is 4.39 Å². The average Bonchev–Trinajstić information content (AvgIpc) is 3.24. The van der Waals surface area contributed by atoms with E-state index in [1.54, 1.807) is 12.1 Å². The Bertz CT molecular complexity index is 1000. The van der Waals surface area contributed by atoms with Crippen LogP contribution in [0.3, 0.4) is 0 Å². The molecule has 2 heterocycles. The monoisotopic (exact) mass is 408 g/mol. The summed E-state index contributed by atoms with van der Waals surface area (Å²) in [5, 5.41) is 7.01. The molecule has 0 spiro atoms. The Morgan fingerprint density at radius 1 is 1.23 bits per heavy atom. The number of piperidine rings is 1. The van der Waals surface area contributed by atoms with Crippen molar-refractivity contribution in [1.29, 1.82) is 0 Å². The minimum atomic E-state index is -0.344. The number of halogens is 1. The maximum absolute atomic E-state index is 13.5. The first-order chi connectivity index (χ1) is 14.6. The summed E-state index contributed by atoms with van der Waals surface area (Å²) in [5.41, 5.74) is 2.84. The van der Waals surface area contributed by atoms with Gasteiger partial charge in [0.2, 0.25) is 17.6 Å².